The third-order valence-corrected chi connectivity index (χ3v) is 2.45. The molecule has 0 saturated carbocycles. The van der Waals surface area contributed by atoms with E-state index in [-0.39, 0.29) is 5.41 Å². The van der Waals surface area contributed by atoms with E-state index in [4.69, 9.17) is 0 Å². The minimum absolute atomic E-state index is 0.0316. The van der Waals surface area contributed by atoms with Crippen LogP contribution in [0.25, 0.3) is 11.2 Å². The highest BCUT2D eigenvalue weighted by Crippen LogP contribution is 2.24. The maximum atomic E-state index is 4.53. The van der Waals surface area contributed by atoms with Gasteiger partial charge in [-0.05, 0) is 0 Å². The summed E-state index contributed by atoms with van der Waals surface area (Å²) in [5, 5.41) is 0. The number of fused-ring (bicyclic) bond motifs is 1. The van der Waals surface area contributed by atoms with Crippen LogP contribution in [0.3, 0.4) is 0 Å². The minimum atomic E-state index is 0.0316. The molecule has 2 heterocycles. The molecule has 4 nitrogen and oxygen atoms in total. The Kier molecular flexibility index (Phi) is 2.03. The van der Waals surface area contributed by atoms with Crippen molar-refractivity contribution in [3.05, 3.63) is 17.8 Å². The molecule has 0 unspecified atom stereocenters. The molecule has 0 saturated heterocycles. The molecule has 0 atom stereocenters. The van der Waals surface area contributed by atoms with Crippen LogP contribution in [0.15, 0.2) is 6.33 Å². The van der Waals surface area contributed by atoms with Gasteiger partial charge in [-0.25, -0.2) is 9.55 Å². The molecule has 0 bridgehead atoms. The Morgan fingerprint density at radius 3 is 2.53 bits per heavy atom. The van der Waals surface area contributed by atoms with Gasteiger partial charge in [0.2, 0.25) is 5.82 Å². The normalized spacial score (nSPS) is 12.3. The van der Waals surface area contributed by atoms with Gasteiger partial charge < -0.3 is 0 Å². The summed E-state index contributed by atoms with van der Waals surface area (Å²) in [6, 6.07) is 0. The predicted molar refractivity (Wildman–Crippen MR) is 58.5 cm³/mol. The van der Waals surface area contributed by atoms with Crippen molar-refractivity contribution in [2.24, 2.45) is 7.05 Å². The standard InChI is InChI=1S/C11H16N4/c1-7-13-9(11(2,3)4)8-10(14-7)15(5)6-12-8/h6H,1-5H3/p+1. The lowest BCUT2D eigenvalue weighted by Crippen LogP contribution is -2.27. The summed E-state index contributed by atoms with van der Waals surface area (Å²) >= 11 is 0. The average Bonchev–Trinajstić information content (AvgIpc) is 2.45. The predicted octanol–water partition coefficient (Wildman–Crippen LogP) is 1.39. The van der Waals surface area contributed by atoms with Crippen LogP contribution < -0.4 is 4.57 Å². The summed E-state index contributed by atoms with van der Waals surface area (Å²) in [5.74, 6) is 0.822. The van der Waals surface area contributed by atoms with Crippen LogP contribution in [0.2, 0.25) is 0 Å². The van der Waals surface area contributed by atoms with E-state index in [1.54, 1.807) is 0 Å². The van der Waals surface area contributed by atoms with Crippen molar-refractivity contribution in [2.75, 3.05) is 0 Å². The Hall–Kier alpha value is -1.45. The van der Waals surface area contributed by atoms with E-state index in [2.05, 4.69) is 35.7 Å². The van der Waals surface area contributed by atoms with Crippen molar-refractivity contribution in [1.29, 1.82) is 0 Å². The Labute approximate surface area is 89.4 Å². The lowest BCUT2D eigenvalue weighted by molar-refractivity contribution is -0.646. The molecule has 2 rings (SSSR count). The molecule has 2 aromatic rings. The molecule has 0 spiro atoms. The molecule has 0 radical (unpaired) electrons. The van der Waals surface area contributed by atoms with Gasteiger partial charge in [0, 0.05) is 12.3 Å². The zero-order valence-electron chi connectivity index (χ0n) is 9.92. The highest BCUT2D eigenvalue weighted by atomic mass is 15.1. The van der Waals surface area contributed by atoms with Crippen molar-refractivity contribution in [1.82, 2.24) is 15.0 Å². The van der Waals surface area contributed by atoms with E-state index in [1.807, 2.05) is 24.9 Å². The van der Waals surface area contributed by atoms with Crippen LogP contribution in [-0.4, -0.2) is 15.0 Å². The number of aromatic nitrogens is 4. The van der Waals surface area contributed by atoms with E-state index in [0.29, 0.717) is 0 Å². The molecule has 15 heavy (non-hydrogen) atoms. The quantitative estimate of drug-likeness (QED) is 0.660. The highest BCUT2D eigenvalue weighted by Gasteiger charge is 2.25. The molecule has 0 aliphatic carbocycles. The lowest BCUT2D eigenvalue weighted by atomic mass is 9.91. The van der Waals surface area contributed by atoms with E-state index in [0.717, 1.165) is 22.7 Å². The maximum Gasteiger partial charge on any atom is 0.305 e. The van der Waals surface area contributed by atoms with Crippen LogP contribution in [0.4, 0.5) is 0 Å². The van der Waals surface area contributed by atoms with Gasteiger partial charge in [-0.15, -0.1) is 0 Å². The van der Waals surface area contributed by atoms with Crippen molar-refractivity contribution in [2.45, 2.75) is 33.1 Å². The molecule has 2 aromatic heterocycles. The number of aryl methyl sites for hydroxylation is 2. The zero-order valence-corrected chi connectivity index (χ0v) is 9.92. The van der Waals surface area contributed by atoms with Gasteiger partial charge in [0.15, 0.2) is 11.8 Å². The fourth-order valence-electron chi connectivity index (χ4n) is 1.71. The van der Waals surface area contributed by atoms with Gasteiger partial charge in [0.1, 0.15) is 0 Å². The number of hydrogen-bond donors (Lipinski definition) is 1. The topological polar surface area (TPSA) is 45.5 Å². The van der Waals surface area contributed by atoms with Gasteiger partial charge in [0.25, 0.3) is 0 Å². The summed E-state index contributed by atoms with van der Waals surface area (Å²) in [7, 11) is 1.98. The molecule has 0 aromatic carbocycles. The summed E-state index contributed by atoms with van der Waals surface area (Å²) in [6.45, 7) is 8.42. The Balaban J connectivity index is 2.84. The van der Waals surface area contributed by atoms with E-state index < -0.39 is 0 Å². The number of aromatic amines is 1. The second-order valence-electron chi connectivity index (χ2n) is 4.95. The largest absolute Gasteiger partial charge is 0.305 e. The Morgan fingerprint density at radius 1 is 1.27 bits per heavy atom. The average molecular weight is 205 g/mol. The fourth-order valence-corrected chi connectivity index (χ4v) is 1.71. The molecular formula is C11H17N4+. The van der Waals surface area contributed by atoms with Gasteiger partial charge in [-0.3, -0.25) is 4.98 Å². The molecule has 0 fully saturated rings. The van der Waals surface area contributed by atoms with Gasteiger partial charge >= 0.3 is 5.65 Å². The number of nitrogens with zero attached hydrogens (tertiary/aromatic N) is 3. The second-order valence-corrected chi connectivity index (χ2v) is 4.95. The van der Waals surface area contributed by atoms with Crippen LogP contribution >= 0.6 is 0 Å². The number of nitrogens with one attached hydrogen (secondary N) is 1. The first-order chi connectivity index (χ1) is 6.89. The maximum absolute atomic E-state index is 4.53. The first-order valence-electron chi connectivity index (χ1n) is 5.11. The molecule has 0 amide bonds. The Bertz CT molecular complexity index is 505. The smallest absolute Gasteiger partial charge is 0.272 e. The first kappa shape index (κ1) is 10.1. The Morgan fingerprint density at radius 2 is 1.93 bits per heavy atom. The van der Waals surface area contributed by atoms with Crippen molar-refractivity contribution in [3.8, 4) is 0 Å². The van der Waals surface area contributed by atoms with Crippen molar-refractivity contribution >= 4 is 11.2 Å². The zero-order chi connectivity index (χ0) is 11.2. The number of rotatable bonds is 0. The third kappa shape index (κ3) is 1.60. The third-order valence-electron chi connectivity index (χ3n) is 2.45. The lowest BCUT2D eigenvalue weighted by Gasteiger charge is -2.16. The minimum Gasteiger partial charge on any atom is -0.272 e. The molecule has 1 N–H and O–H groups in total. The van der Waals surface area contributed by atoms with Crippen LogP contribution in [0, 0.1) is 6.92 Å². The molecule has 0 aliphatic heterocycles. The van der Waals surface area contributed by atoms with Crippen LogP contribution in [0.5, 0.6) is 0 Å². The van der Waals surface area contributed by atoms with E-state index >= 15 is 0 Å². The number of hydrogen-bond acceptors (Lipinski definition) is 2. The van der Waals surface area contributed by atoms with Crippen molar-refractivity contribution in [3.63, 3.8) is 0 Å². The van der Waals surface area contributed by atoms with Gasteiger partial charge in [-0.1, -0.05) is 25.8 Å². The molecular weight excluding hydrogens is 188 g/mol. The van der Waals surface area contributed by atoms with E-state index in [9.17, 15) is 0 Å². The monoisotopic (exact) mass is 205 g/mol. The number of H-pyrrole nitrogens is 1. The van der Waals surface area contributed by atoms with Gasteiger partial charge in [0.05, 0.1) is 12.7 Å². The SMILES string of the molecule is Cc1nc(C(C)(C)C)c2[nH]c[n+](C)c2n1. The van der Waals surface area contributed by atoms with Crippen molar-refractivity contribution < 1.29 is 4.57 Å². The molecule has 4 heteroatoms. The van der Waals surface area contributed by atoms with Gasteiger partial charge in [-0.2, -0.15) is 0 Å². The number of imidazole rings is 1. The first-order valence-corrected chi connectivity index (χ1v) is 5.11. The van der Waals surface area contributed by atoms with E-state index in [1.165, 1.54) is 0 Å². The summed E-state index contributed by atoms with van der Waals surface area (Å²) in [4.78, 5) is 12.2. The second kappa shape index (κ2) is 3.02. The van der Waals surface area contributed by atoms with Crippen LogP contribution in [-0.2, 0) is 12.5 Å². The summed E-state index contributed by atoms with van der Waals surface area (Å²) < 4.78 is 1.99. The molecule has 80 valence electrons. The fraction of sp³-hybridized carbons (Fsp3) is 0.545. The summed E-state index contributed by atoms with van der Waals surface area (Å²) in [6.07, 6.45) is 1.91. The highest BCUT2D eigenvalue weighted by molar-refractivity contribution is 5.70. The molecule has 0 aliphatic rings. The summed E-state index contributed by atoms with van der Waals surface area (Å²) in [5.41, 5.74) is 3.11. The van der Waals surface area contributed by atoms with Crippen LogP contribution in [0.1, 0.15) is 32.3 Å².